The van der Waals surface area contributed by atoms with Crippen LogP contribution in [0.15, 0.2) is 48.5 Å². The van der Waals surface area contributed by atoms with Gasteiger partial charge in [0.1, 0.15) is 5.75 Å². The van der Waals surface area contributed by atoms with Gasteiger partial charge in [0.15, 0.2) is 0 Å². The smallest absolute Gasteiger partial charge is 0.248 e. The second-order valence-electron chi connectivity index (χ2n) is 5.89. The van der Waals surface area contributed by atoms with Crippen molar-refractivity contribution in [3.05, 3.63) is 65.2 Å². The molecule has 0 saturated heterocycles. The number of ether oxygens (including phenoxy) is 1. The van der Waals surface area contributed by atoms with Gasteiger partial charge in [0.05, 0.1) is 6.61 Å². The second kappa shape index (κ2) is 8.92. The van der Waals surface area contributed by atoms with Crippen LogP contribution < -0.4 is 10.1 Å². The molecule has 0 spiro atoms. The van der Waals surface area contributed by atoms with Crippen LogP contribution in [-0.4, -0.2) is 12.5 Å². The monoisotopic (exact) mass is 323 g/mol. The Labute approximate surface area is 144 Å². The maximum Gasteiger partial charge on any atom is 0.248 e. The van der Waals surface area contributed by atoms with Crippen LogP contribution in [0.2, 0.25) is 0 Å². The Morgan fingerprint density at radius 2 is 1.83 bits per heavy atom. The number of aryl methyl sites for hydroxylation is 2. The van der Waals surface area contributed by atoms with Gasteiger partial charge in [-0.3, -0.25) is 4.79 Å². The van der Waals surface area contributed by atoms with Gasteiger partial charge in [-0.1, -0.05) is 31.5 Å². The number of anilines is 1. The van der Waals surface area contributed by atoms with Gasteiger partial charge < -0.3 is 10.1 Å². The minimum atomic E-state index is -0.137. The van der Waals surface area contributed by atoms with Crippen molar-refractivity contribution in [3.63, 3.8) is 0 Å². The van der Waals surface area contributed by atoms with E-state index in [0.29, 0.717) is 0 Å². The SMILES string of the molecule is CCCCOc1ccc(/C=C/C(=O)Nc2ccc(C)c(C)c2)cc1. The zero-order valence-corrected chi connectivity index (χ0v) is 14.6. The van der Waals surface area contributed by atoms with Crippen LogP contribution in [0.1, 0.15) is 36.5 Å². The Morgan fingerprint density at radius 1 is 1.08 bits per heavy atom. The van der Waals surface area contributed by atoms with E-state index in [1.54, 1.807) is 12.2 Å². The summed E-state index contributed by atoms with van der Waals surface area (Å²) in [5, 5.41) is 2.88. The standard InChI is InChI=1S/C21H25NO2/c1-4-5-14-24-20-11-7-18(8-12-20)9-13-21(23)22-19-10-6-16(2)17(3)15-19/h6-13,15H,4-5,14H2,1-3H3,(H,22,23)/b13-9+. The van der Waals surface area contributed by atoms with Gasteiger partial charge in [-0.25, -0.2) is 0 Å². The van der Waals surface area contributed by atoms with Crippen molar-refractivity contribution in [2.45, 2.75) is 33.6 Å². The first kappa shape index (κ1) is 17.8. The number of benzene rings is 2. The van der Waals surface area contributed by atoms with Crippen molar-refractivity contribution in [1.29, 1.82) is 0 Å². The van der Waals surface area contributed by atoms with Gasteiger partial charge in [0.2, 0.25) is 5.91 Å². The molecule has 0 heterocycles. The minimum Gasteiger partial charge on any atom is -0.494 e. The Bertz CT molecular complexity index is 702. The summed E-state index contributed by atoms with van der Waals surface area (Å²) in [6, 6.07) is 13.6. The molecule has 0 aliphatic heterocycles. The number of rotatable bonds is 7. The lowest BCUT2D eigenvalue weighted by molar-refractivity contribution is -0.111. The molecule has 0 saturated carbocycles. The highest BCUT2D eigenvalue weighted by atomic mass is 16.5. The predicted molar refractivity (Wildman–Crippen MR) is 100 cm³/mol. The molecule has 3 heteroatoms. The molecule has 126 valence electrons. The van der Waals surface area contributed by atoms with Crippen molar-refractivity contribution in [2.75, 3.05) is 11.9 Å². The fraction of sp³-hybridized carbons (Fsp3) is 0.286. The first-order valence-corrected chi connectivity index (χ1v) is 8.37. The van der Waals surface area contributed by atoms with Crippen molar-refractivity contribution in [2.24, 2.45) is 0 Å². The van der Waals surface area contributed by atoms with Crippen LogP contribution in [0.5, 0.6) is 5.75 Å². The topological polar surface area (TPSA) is 38.3 Å². The molecule has 1 N–H and O–H groups in total. The van der Waals surface area contributed by atoms with Crippen LogP contribution >= 0.6 is 0 Å². The lowest BCUT2D eigenvalue weighted by Gasteiger charge is -2.06. The third-order valence-electron chi connectivity index (χ3n) is 3.85. The number of amides is 1. The maximum atomic E-state index is 12.0. The van der Waals surface area contributed by atoms with E-state index < -0.39 is 0 Å². The van der Waals surface area contributed by atoms with E-state index >= 15 is 0 Å². The highest BCUT2D eigenvalue weighted by Crippen LogP contribution is 2.15. The molecule has 0 aromatic heterocycles. The third-order valence-corrected chi connectivity index (χ3v) is 3.85. The Hall–Kier alpha value is -2.55. The Balaban J connectivity index is 1.89. The first-order chi connectivity index (χ1) is 11.6. The lowest BCUT2D eigenvalue weighted by Crippen LogP contribution is -2.07. The molecule has 0 unspecified atom stereocenters. The molecule has 2 aromatic carbocycles. The van der Waals surface area contributed by atoms with Crippen LogP contribution in [-0.2, 0) is 4.79 Å². The van der Waals surface area contributed by atoms with E-state index in [2.05, 4.69) is 19.2 Å². The van der Waals surface area contributed by atoms with Crippen LogP contribution in [0, 0.1) is 13.8 Å². The summed E-state index contributed by atoms with van der Waals surface area (Å²) < 4.78 is 5.62. The van der Waals surface area contributed by atoms with E-state index in [1.807, 2.05) is 49.4 Å². The molecule has 0 aliphatic rings. The predicted octanol–water partition coefficient (Wildman–Crippen LogP) is 5.13. The number of hydrogen-bond donors (Lipinski definition) is 1. The molecular weight excluding hydrogens is 298 g/mol. The van der Waals surface area contributed by atoms with Gasteiger partial charge in [-0.05, 0) is 67.3 Å². The molecule has 2 rings (SSSR count). The van der Waals surface area contributed by atoms with E-state index in [-0.39, 0.29) is 5.91 Å². The summed E-state index contributed by atoms with van der Waals surface area (Å²) in [4.78, 5) is 12.0. The van der Waals surface area contributed by atoms with E-state index in [1.165, 1.54) is 5.56 Å². The molecule has 0 atom stereocenters. The minimum absolute atomic E-state index is 0.137. The second-order valence-corrected chi connectivity index (χ2v) is 5.89. The molecule has 0 fully saturated rings. The summed E-state index contributed by atoms with van der Waals surface area (Å²) in [5.41, 5.74) is 4.15. The summed E-state index contributed by atoms with van der Waals surface area (Å²) in [7, 11) is 0. The lowest BCUT2D eigenvalue weighted by atomic mass is 10.1. The largest absolute Gasteiger partial charge is 0.494 e. The van der Waals surface area contributed by atoms with Gasteiger partial charge in [-0.2, -0.15) is 0 Å². The van der Waals surface area contributed by atoms with Crippen LogP contribution in [0.3, 0.4) is 0 Å². The molecule has 2 aromatic rings. The van der Waals surface area contributed by atoms with Crippen LogP contribution in [0.4, 0.5) is 5.69 Å². The number of nitrogens with one attached hydrogen (secondary N) is 1. The van der Waals surface area contributed by atoms with Gasteiger partial charge >= 0.3 is 0 Å². The molecule has 0 bridgehead atoms. The van der Waals surface area contributed by atoms with Crippen molar-refractivity contribution >= 4 is 17.7 Å². The van der Waals surface area contributed by atoms with Gasteiger partial charge in [0.25, 0.3) is 0 Å². The zero-order chi connectivity index (χ0) is 17.4. The quantitative estimate of drug-likeness (QED) is 0.566. The fourth-order valence-corrected chi connectivity index (χ4v) is 2.18. The molecular formula is C21H25NO2. The number of hydrogen-bond acceptors (Lipinski definition) is 2. The van der Waals surface area contributed by atoms with Crippen molar-refractivity contribution in [1.82, 2.24) is 0 Å². The molecule has 0 radical (unpaired) electrons. The summed E-state index contributed by atoms with van der Waals surface area (Å²) in [6.07, 6.45) is 5.52. The normalized spacial score (nSPS) is 10.8. The number of carbonyl (C=O) groups excluding carboxylic acids is 1. The van der Waals surface area contributed by atoms with Crippen molar-refractivity contribution < 1.29 is 9.53 Å². The van der Waals surface area contributed by atoms with Gasteiger partial charge in [0, 0.05) is 11.8 Å². The highest BCUT2D eigenvalue weighted by Gasteiger charge is 2.00. The van der Waals surface area contributed by atoms with E-state index in [4.69, 9.17) is 4.74 Å². The maximum absolute atomic E-state index is 12.0. The van der Waals surface area contributed by atoms with Crippen molar-refractivity contribution in [3.8, 4) is 5.75 Å². The third kappa shape index (κ3) is 5.58. The highest BCUT2D eigenvalue weighted by molar-refractivity contribution is 6.01. The number of carbonyl (C=O) groups is 1. The zero-order valence-electron chi connectivity index (χ0n) is 14.6. The fourth-order valence-electron chi connectivity index (χ4n) is 2.18. The average molecular weight is 323 g/mol. The Kier molecular flexibility index (Phi) is 6.62. The average Bonchev–Trinajstić information content (AvgIpc) is 2.58. The summed E-state index contributed by atoms with van der Waals surface area (Å²) in [5.74, 6) is 0.724. The Morgan fingerprint density at radius 3 is 2.50 bits per heavy atom. The summed E-state index contributed by atoms with van der Waals surface area (Å²) in [6.45, 7) is 6.96. The molecule has 1 amide bonds. The molecule has 3 nitrogen and oxygen atoms in total. The molecule has 24 heavy (non-hydrogen) atoms. The van der Waals surface area contributed by atoms with E-state index in [9.17, 15) is 4.79 Å². The van der Waals surface area contributed by atoms with Crippen LogP contribution in [0.25, 0.3) is 6.08 Å². The first-order valence-electron chi connectivity index (χ1n) is 8.37. The summed E-state index contributed by atoms with van der Waals surface area (Å²) >= 11 is 0. The number of unbranched alkanes of at least 4 members (excludes halogenated alkanes) is 1. The van der Waals surface area contributed by atoms with E-state index in [0.717, 1.165) is 42.0 Å². The van der Waals surface area contributed by atoms with Gasteiger partial charge in [-0.15, -0.1) is 0 Å². The molecule has 0 aliphatic carbocycles.